The van der Waals surface area contributed by atoms with Crippen LogP contribution in [-0.2, 0) is 4.79 Å². The first-order valence-electron chi connectivity index (χ1n) is 7.48. The molecule has 112 valence electrons. The molecule has 0 bridgehead atoms. The average Bonchev–Trinajstić information content (AvgIpc) is 3.30. The average molecular weight is 294 g/mol. The van der Waals surface area contributed by atoms with Gasteiger partial charge in [0.15, 0.2) is 5.78 Å². The van der Waals surface area contributed by atoms with Crippen LogP contribution < -0.4 is 0 Å². The molecule has 0 unspecified atom stereocenters. The van der Waals surface area contributed by atoms with Gasteiger partial charge in [0.1, 0.15) is 0 Å². The number of carboxylic acids is 1. The van der Waals surface area contributed by atoms with Crippen molar-refractivity contribution in [3.63, 3.8) is 0 Å². The molecule has 2 aromatic rings. The van der Waals surface area contributed by atoms with Crippen molar-refractivity contribution in [2.45, 2.75) is 12.8 Å². The maximum Gasteiger partial charge on any atom is 0.306 e. The fourth-order valence-corrected chi connectivity index (χ4v) is 3.36. The molecule has 0 aromatic heterocycles. The minimum absolute atomic E-state index is 0.00000567. The SMILES string of the molecule is C[C@@H](C(=O)O)[C@@H]1[C@@H](C(=O)c2ccccc2)[C@@H]1c1ccccc1. The molecule has 4 atom stereocenters. The smallest absolute Gasteiger partial charge is 0.306 e. The lowest BCUT2D eigenvalue weighted by Crippen LogP contribution is -2.15. The van der Waals surface area contributed by atoms with Crippen molar-refractivity contribution in [3.8, 4) is 0 Å². The predicted molar refractivity (Wildman–Crippen MR) is 83.7 cm³/mol. The summed E-state index contributed by atoms with van der Waals surface area (Å²) in [6.07, 6.45) is 0. The largest absolute Gasteiger partial charge is 0.481 e. The fourth-order valence-electron chi connectivity index (χ4n) is 3.36. The Morgan fingerprint density at radius 1 is 0.955 bits per heavy atom. The number of Topliss-reactive ketones (excluding diaryl/α,β-unsaturated/α-hetero) is 1. The molecule has 1 aliphatic carbocycles. The topological polar surface area (TPSA) is 54.4 Å². The van der Waals surface area contributed by atoms with E-state index in [2.05, 4.69) is 0 Å². The molecule has 3 nitrogen and oxygen atoms in total. The summed E-state index contributed by atoms with van der Waals surface area (Å²) in [4.78, 5) is 24.1. The Hall–Kier alpha value is -2.42. The van der Waals surface area contributed by atoms with Gasteiger partial charge >= 0.3 is 5.97 Å². The van der Waals surface area contributed by atoms with Crippen molar-refractivity contribution in [2.75, 3.05) is 0 Å². The van der Waals surface area contributed by atoms with Crippen molar-refractivity contribution in [1.29, 1.82) is 0 Å². The number of carbonyl (C=O) groups excluding carboxylic acids is 1. The molecule has 0 saturated heterocycles. The molecule has 22 heavy (non-hydrogen) atoms. The Labute approximate surface area is 129 Å². The van der Waals surface area contributed by atoms with Crippen LogP contribution in [0.15, 0.2) is 60.7 Å². The summed E-state index contributed by atoms with van der Waals surface area (Å²) < 4.78 is 0. The zero-order chi connectivity index (χ0) is 15.7. The minimum Gasteiger partial charge on any atom is -0.481 e. The van der Waals surface area contributed by atoms with Gasteiger partial charge in [-0.3, -0.25) is 9.59 Å². The van der Waals surface area contributed by atoms with Gasteiger partial charge < -0.3 is 5.11 Å². The molecule has 0 radical (unpaired) electrons. The lowest BCUT2D eigenvalue weighted by molar-refractivity contribution is -0.141. The minimum atomic E-state index is -0.839. The van der Waals surface area contributed by atoms with Gasteiger partial charge in [0.25, 0.3) is 0 Å². The monoisotopic (exact) mass is 294 g/mol. The van der Waals surface area contributed by atoms with Gasteiger partial charge in [-0.15, -0.1) is 0 Å². The Kier molecular flexibility index (Phi) is 3.80. The lowest BCUT2D eigenvalue weighted by Gasteiger charge is -2.05. The fraction of sp³-hybridized carbons (Fsp3) is 0.263. The van der Waals surface area contributed by atoms with Crippen LogP contribution in [0.1, 0.15) is 28.8 Å². The van der Waals surface area contributed by atoms with E-state index in [9.17, 15) is 14.7 Å². The first kappa shape index (κ1) is 14.5. The van der Waals surface area contributed by atoms with E-state index < -0.39 is 11.9 Å². The molecule has 3 rings (SSSR count). The summed E-state index contributed by atoms with van der Waals surface area (Å²) in [6, 6.07) is 18.9. The molecule has 0 amide bonds. The maximum absolute atomic E-state index is 12.7. The molecule has 1 saturated carbocycles. The van der Waals surface area contributed by atoms with E-state index in [0.29, 0.717) is 5.56 Å². The van der Waals surface area contributed by atoms with Crippen molar-refractivity contribution >= 4 is 11.8 Å². The molecule has 2 aromatic carbocycles. The highest BCUT2D eigenvalue weighted by atomic mass is 16.4. The Bertz CT molecular complexity index is 678. The van der Waals surface area contributed by atoms with Gasteiger partial charge in [0, 0.05) is 11.5 Å². The highest BCUT2D eigenvalue weighted by molar-refractivity contribution is 6.01. The highest BCUT2D eigenvalue weighted by Gasteiger charge is 2.58. The van der Waals surface area contributed by atoms with E-state index in [0.717, 1.165) is 5.56 Å². The number of hydrogen-bond donors (Lipinski definition) is 1. The lowest BCUT2D eigenvalue weighted by atomic mass is 10.00. The molecule has 0 spiro atoms. The third kappa shape index (κ3) is 2.54. The molecule has 1 aliphatic rings. The molecule has 1 N–H and O–H groups in total. The van der Waals surface area contributed by atoms with Crippen LogP contribution in [0.5, 0.6) is 0 Å². The van der Waals surface area contributed by atoms with Crippen LogP contribution in [0.2, 0.25) is 0 Å². The van der Waals surface area contributed by atoms with Crippen LogP contribution in [0.25, 0.3) is 0 Å². The van der Waals surface area contributed by atoms with Crippen molar-refractivity contribution in [2.24, 2.45) is 17.8 Å². The zero-order valence-corrected chi connectivity index (χ0v) is 12.3. The van der Waals surface area contributed by atoms with Crippen molar-refractivity contribution in [3.05, 3.63) is 71.8 Å². The van der Waals surface area contributed by atoms with Crippen LogP contribution in [0.4, 0.5) is 0 Å². The number of aliphatic carboxylic acids is 1. The van der Waals surface area contributed by atoms with E-state index >= 15 is 0 Å². The molecule has 3 heteroatoms. The Balaban J connectivity index is 1.91. The summed E-state index contributed by atoms with van der Waals surface area (Å²) >= 11 is 0. The quantitative estimate of drug-likeness (QED) is 0.857. The number of rotatable bonds is 5. The van der Waals surface area contributed by atoms with Gasteiger partial charge in [-0.25, -0.2) is 0 Å². The van der Waals surface area contributed by atoms with Crippen molar-refractivity contribution < 1.29 is 14.7 Å². The number of carboxylic acid groups (broad SMARTS) is 1. The standard InChI is InChI=1S/C19H18O3/c1-12(19(21)22)15-16(13-8-4-2-5-9-13)17(15)18(20)14-10-6-3-7-11-14/h2-12,15-17H,1H3,(H,21,22)/t12-,15+,16-,17-/m1/s1. The van der Waals surface area contributed by atoms with E-state index in [4.69, 9.17) is 0 Å². The Morgan fingerprint density at radius 3 is 2.05 bits per heavy atom. The molecular formula is C19H18O3. The molecule has 1 fully saturated rings. The van der Waals surface area contributed by atoms with Gasteiger partial charge in [-0.05, 0) is 17.4 Å². The zero-order valence-electron chi connectivity index (χ0n) is 12.3. The second-order valence-electron chi connectivity index (χ2n) is 5.90. The van der Waals surface area contributed by atoms with Crippen LogP contribution in [0, 0.1) is 17.8 Å². The summed E-state index contributed by atoms with van der Waals surface area (Å²) in [5, 5.41) is 9.32. The number of benzene rings is 2. The van der Waals surface area contributed by atoms with Gasteiger partial charge in [-0.1, -0.05) is 67.6 Å². The molecule has 0 aliphatic heterocycles. The first-order valence-corrected chi connectivity index (χ1v) is 7.48. The van der Waals surface area contributed by atoms with Crippen LogP contribution in [-0.4, -0.2) is 16.9 Å². The normalized spacial score (nSPS) is 24.5. The van der Waals surface area contributed by atoms with E-state index in [1.165, 1.54) is 0 Å². The van der Waals surface area contributed by atoms with E-state index in [-0.39, 0.29) is 23.5 Å². The third-order valence-electron chi connectivity index (χ3n) is 4.59. The van der Waals surface area contributed by atoms with E-state index in [1.54, 1.807) is 19.1 Å². The first-order chi connectivity index (χ1) is 10.6. The summed E-state index contributed by atoms with van der Waals surface area (Å²) in [5.74, 6) is -1.69. The maximum atomic E-state index is 12.7. The summed E-state index contributed by atoms with van der Waals surface area (Å²) in [5.41, 5.74) is 1.71. The van der Waals surface area contributed by atoms with Gasteiger partial charge in [0.05, 0.1) is 5.92 Å². The highest BCUT2D eigenvalue weighted by Crippen LogP contribution is 2.59. The predicted octanol–water partition coefficient (Wildman–Crippen LogP) is 3.62. The van der Waals surface area contributed by atoms with Crippen LogP contribution in [0.3, 0.4) is 0 Å². The number of carbonyl (C=O) groups is 2. The second-order valence-corrected chi connectivity index (χ2v) is 5.90. The summed E-state index contributed by atoms with van der Waals surface area (Å²) in [7, 11) is 0. The second kappa shape index (κ2) is 5.76. The van der Waals surface area contributed by atoms with Crippen LogP contribution >= 0.6 is 0 Å². The summed E-state index contributed by atoms with van der Waals surface area (Å²) in [6.45, 7) is 1.70. The molecule has 0 heterocycles. The number of hydrogen-bond acceptors (Lipinski definition) is 2. The van der Waals surface area contributed by atoms with Crippen molar-refractivity contribution in [1.82, 2.24) is 0 Å². The van der Waals surface area contributed by atoms with Gasteiger partial charge in [0.2, 0.25) is 0 Å². The molecular weight excluding hydrogens is 276 g/mol. The van der Waals surface area contributed by atoms with Gasteiger partial charge in [-0.2, -0.15) is 0 Å². The Morgan fingerprint density at radius 2 is 1.50 bits per heavy atom. The van der Waals surface area contributed by atoms with E-state index in [1.807, 2.05) is 48.5 Å². The number of ketones is 1. The third-order valence-corrected chi connectivity index (χ3v) is 4.59.